The summed E-state index contributed by atoms with van der Waals surface area (Å²) in [6, 6.07) is 0. The molecule has 14 heavy (non-hydrogen) atoms. The zero-order valence-electron chi connectivity index (χ0n) is 7.43. The summed E-state index contributed by atoms with van der Waals surface area (Å²) in [7, 11) is 0. The molecule has 0 aliphatic rings. The lowest BCUT2D eigenvalue weighted by Gasteiger charge is -2.09. The second-order valence-corrected chi connectivity index (χ2v) is 4.03. The molecule has 80 valence electrons. The van der Waals surface area contributed by atoms with Crippen LogP contribution in [0.3, 0.4) is 0 Å². The maximum atomic E-state index is 10.6. The summed E-state index contributed by atoms with van der Waals surface area (Å²) in [6.07, 6.45) is -0.479. The summed E-state index contributed by atoms with van der Waals surface area (Å²) >= 11 is 5.42. The lowest BCUT2D eigenvalue weighted by molar-refractivity contribution is -0.142. The third-order valence-corrected chi connectivity index (χ3v) is 2.51. The van der Waals surface area contributed by atoms with Crippen LogP contribution in [-0.4, -0.2) is 38.4 Å². The molecule has 0 heterocycles. The second kappa shape index (κ2) is 6.61. The van der Waals surface area contributed by atoms with Gasteiger partial charge in [0.05, 0.1) is 13.0 Å². The first-order valence-corrected chi connectivity index (χ1v) is 5.04. The van der Waals surface area contributed by atoms with Crippen LogP contribution in [0.5, 0.6) is 0 Å². The molecule has 0 rings (SSSR count). The molecule has 0 fully saturated rings. The Balaban J connectivity index is 4.16. The van der Waals surface area contributed by atoms with Gasteiger partial charge in [0.1, 0.15) is 5.25 Å². The lowest BCUT2D eigenvalue weighted by atomic mass is 10.3. The number of carbonyl (C=O) groups is 2. The van der Waals surface area contributed by atoms with Gasteiger partial charge in [-0.15, -0.1) is 0 Å². The number of rotatable bonds is 5. The van der Waals surface area contributed by atoms with E-state index in [1.54, 1.807) is 6.92 Å². The molecule has 0 amide bonds. The first-order valence-electron chi connectivity index (χ1n) is 3.75. The SMILES string of the molecule is CCOC(=S)S[C@H](CC(=O)O)C(=O)O. The van der Waals surface area contributed by atoms with Crippen LogP contribution in [0.25, 0.3) is 0 Å². The number of thiocarbonyl (C=S) groups is 1. The van der Waals surface area contributed by atoms with Crippen LogP contribution in [-0.2, 0) is 14.3 Å². The van der Waals surface area contributed by atoms with Crippen LogP contribution >= 0.6 is 24.0 Å². The molecule has 0 aromatic rings. The molecule has 0 bridgehead atoms. The summed E-state index contributed by atoms with van der Waals surface area (Å²) in [6.45, 7) is 2.05. The minimum absolute atomic E-state index is 0.0566. The van der Waals surface area contributed by atoms with E-state index in [4.69, 9.17) is 14.9 Å². The Bertz CT molecular complexity index is 240. The normalized spacial score (nSPS) is 11.8. The van der Waals surface area contributed by atoms with Gasteiger partial charge in [-0.2, -0.15) is 0 Å². The maximum Gasteiger partial charge on any atom is 0.317 e. The van der Waals surface area contributed by atoms with E-state index >= 15 is 0 Å². The highest BCUT2D eigenvalue weighted by atomic mass is 32.2. The molecule has 0 aliphatic carbocycles. The van der Waals surface area contributed by atoms with Crippen molar-refractivity contribution in [1.29, 1.82) is 0 Å². The smallest absolute Gasteiger partial charge is 0.317 e. The average molecular weight is 238 g/mol. The fraction of sp³-hybridized carbons (Fsp3) is 0.571. The van der Waals surface area contributed by atoms with Crippen LogP contribution in [0.15, 0.2) is 0 Å². The average Bonchev–Trinajstić information content (AvgIpc) is 2.02. The molecular formula is C7H10O5S2. The zero-order chi connectivity index (χ0) is 11.1. The van der Waals surface area contributed by atoms with Gasteiger partial charge in [-0.1, -0.05) is 11.8 Å². The minimum Gasteiger partial charge on any atom is -0.481 e. The standard InChI is InChI=1S/C7H10O5S2/c1-2-12-7(13)14-4(6(10)11)3-5(8)9/h4H,2-3H2,1H3,(H,8,9)(H,10,11)/t4-/m1/s1. The molecule has 0 aliphatic heterocycles. The summed E-state index contributed by atoms with van der Waals surface area (Å²) in [5, 5.41) is 16.0. The molecule has 0 unspecified atom stereocenters. The summed E-state index contributed by atoms with van der Waals surface area (Å²) in [5.74, 6) is -2.39. The fourth-order valence-corrected chi connectivity index (χ4v) is 1.82. The van der Waals surface area contributed by atoms with Gasteiger partial charge in [-0.05, 0) is 19.1 Å². The highest BCUT2D eigenvalue weighted by Crippen LogP contribution is 2.18. The molecule has 0 saturated heterocycles. The number of aliphatic carboxylic acids is 2. The minimum atomic E-state index is -1.21. The third-order valence-electron chi connectivity index (χ3n) is 1.14. The van der Waals surface area contributed by atoms with Crippen molar-refractivity contribution in [3.63, 3.8) is 0 Å². The van der Waals surface area contributed by atoms with E-state index in [1.165, 1.54) is 0 Å². The van der Waals surface area contributed by atoms with E-state index < -0.39 is 23.6 Å². The predicted molar refractivity (Wildman–Crippen MR) is 55.5 cm³/mol. The van der Waals surface area contributed by atoms with Gasteiger partial charge in [-0.3, -0.25) is 9.59 Å². The van der Waals surface area contributed by atoms with Gasteiger partial charge in [0, 0.05) is 0 Å². The Morgan fingerprint density at radius 2 is 2.07 bits per heavy atom. The monoisotopic (exact) mass is 238 g/mol. The molecular weight excluding hydrogens is 228 g/mol. The van der Waals surface area contributed by atoms with Crippen molar-refractivity contribution in [2.24, 2.45) is 0 Å². The maximum absolute atomic E-state index is 10.6. The number of carboxylic acid groups (broad SMARTS) is 2. The number of hydrogen-bond acceptors (Lipinski definition) is 5. The first-order chi connectivity index (χ1) is 6.47. The molecule has 0 aromatic heterocycles. The van der Waals surface area contributed by atoms with Crippen LogP contribution < -0.4 is 0 Å². The highest BCUT2D eigenvalue weighted by molar-refractivity contribution is 8.23. The van der Waals surface area contributed by atoms with Gasteiger partial charge in [0.15, 0.2) is 0 Å². The molecule has 1 atom stereocenters. The molecule has 0 spiro atoms. The van der Waals surface area contributed by atoms with Gasteiger partial charge in [0.25, 0.3) is 0 Å². The van der Waals surface area contributed by atoms with Gasteiger partial charge in [0.2, 0.25) is 4.38 Å². The molecule has 7 heteroatoms. The van der Waals surface area contributed by atoms with Crippen molar-refractivity contribution in [2.45, 2.75) is 18.6 Å². The van der Waals surface area contributed by atoms with E-state index in [-0.39, 0.29) is 4.38 Å². The quantitative estimate of drug-likeness (QED) is 0.690. The number of carboxylic acids is 2. The zero-order valence-corrected chi connectivity index (χ0v) is 9.06. The van der Waals surface area contributed by atoms with Crippen molar-refractivity contribution < 1.29 is 24.5 Å². The van der Waals surface area contributed by atoms with Crippen LogP contribution in [0, 0.1) is 0 Å². The topological polar surface area (TPSA) is 83.8 Å². The molecule has 2 N–H and O–H groups in total. The van der Waals surface area contributed by atoms with E-state index in [0.29, 0.717) is 6.61 Å². The molecule has 0 radical (unpaired) electrons. The summed E-state index contributed by atoms with van der Waals surface area (Å²) in [4.78, 5) is 20.9. The van der Waals surface area contributed by atoms with E-state index in [1.807, 2.05) is 0 Å². The van der Waals surface area contributed by atoms with E-state index in [9.17, 15) is 9.59 Å². The van der Waals surface area contributed by atoms with Crippen LogP contribution in [0.4, 0.5) is 0 Å². The van der Waals surface area contributed by atoms with Gasteiger partial charge in [-0.25, -0.2) is 0 Å². The molecule has 5 nitrogen and oxygen atoms in total. The first kappa shape index (κ1) is 13.2. The summed E-state index contributed by atoms with van der Waals surface area (Å²) < 4.78 is 4.90. The van der Waals surface area contributed by atoms with Crippen molar-refractivity contribution in [3.8, 4) is 0 Å². The van der Waals surface area contributed by atoms with Crippen LogP contribution in [0.2, 0.25) is 0 Å². The van der Waals surface area contributed by atoms with Crippen LogP contribution in [0.1, 0.15) is 13.3 Å². The lowest BCUT2D eigenvalue weighted by Crippen LogP contribution is -2.22. The fourth-order valence-electron chi connectivity index (χ4n) is 0.606. The van der Waals surface area contributed by atoms with E-state index in [2.05, 4.69) is 12.2 Å². The van der Waals surface area contributed by atoms with Gasteiger partial charge >= 0.3 is 11.9 Å². The Kier molecular flexibility index (Phi) is 6.22. The highest BCUT2D eigenvalue weighted by Gasteiger charge is 2.23. The van der Waals surface area contributed by atoms with Gasteiger partial charge < -0.3 is 14.9 Å². The van der Waals surface area contributed by atoms with Crippen molar-refractivity contribution in [2.75, 3.05) is 6.61 Å². The Hall–Kier alpha value is -0.820. The predicted octanol–water partition coefficient (Wildman–Crippen LogP) is 0.969. The number of thioether (sulfide) groups is 1. The largest absolute Gasteiger partial charge is 0.481 e. The number of hydrogen-bond donors (Lipinski definition) is 2. The van der Waals surface area contributed by atoms with Crippen molar-refractivity contribution >= 4 is 40.3 Å². The van der Waals surface area contributed by atoms with E-state index in [0.717, 1.165) is 11.8 Å². The van der Waals surface area contributed by atoms with Crippen molar-refractivity contribution in [3.05, 3.63) is 0 Å². The third kappa shape index (κ3) is 5.76. The Morgan fingerprint density at radius 1 is 1.50 bits per heavy atom. The Morgan fingerprint density at radius 3 is 2.43 bits per heavy atom. The second-order valence-electron chi connectivity index (χ2n) is 2.23. The number of ether oxygens (including phenoxy) is 1. The van der Waals surface area contributed by atoms with Crippen molar-refractivity contribution in [1.82, 2.24) is 0 Å². The summed E-state index contributed by atoms with van der Waals surface area (Å²) in [5.41, 5.74) is 0. The Labute approximate surface area is 90.4 Å². The molecule has 0 aromatic carbocycles. The molecule has 0 saturated carbocycles.